The van der Waals surface area contributed by atoms with Gasteiger partial charge in [-0.25, -0.2) is 0 Å². The van der Waals surface area contributed by atoms with E-state index < -0.39 is 0 Å². The highest BCUT2D eigenvalue weighted by Gasteiger charge is 2.50. The monoisotopic (exact) mass is 348 g/mol. The van der Waals surface area contributed by atoms with Crippen molar-refractivity contribution < 1.29 is 9.47 Å². The minimum absolute atomic E-state index is 0.115. The fraction of sp³-hybridized carbons (Fsp3) is 0.417. The minimum Gasteiger partial charge on any atom is -0.457 e. The zero-order valence-electron chi connectivity index (χ0n) is 15.5. The molecule has 0 radical (unpaired) electrons. The van der Waals surface area contributed by atoms with Gasteiger partial charge >= 0.3 is 0 Å². The first-order valence-electron chi connectivity index (χ1n) is 9.82. The molecular formula is C24H28O2. The van der Waals surface area contributed by atoms with E-state index in [1.54, 1.807) is 0 Å². The Morgan fingerprint density at radius 3 is 2.42 bits per heavy atom. The van der Waals surface area contributed by atoms with Gasteiger partial charge in [0.1, 0.15) is 11.5 Å². The summed E-state index contributed by atoms with van der Waals surface area (Å²) in [6, 6.07) is 18.5. The van der Waals surface area contributed by atoms with Crippen LogP contribution in [0.2, 0.25) is 0 Å². The summed E-state index contributed by atoms with van der Waals surface area (Å²) >= 11 is 0. The largest absolute Gasteiger partial charge is 0.457 e. The van der Waals surface area contributed by atoms with Gasteiger partial charge in [-0.3, -0.25) is 0 Å². The average molecular weight is 348 g/mol. The summed E-state index contributed by atoms with van der Waals surface area (Å²) in [6.07, 6.45) is 10.4. The van der Waals surface area contributed by atoms with Gasteiger partial charge in [-0.05, 0) is 80.2 Å². The number of para-hydroxylation sites is 1. The van der Waals surface area contributed by atoms with Crippen molar-refractivity contribution in [3.63, 3.8) is 0 Å². The third-order valence-electron chi connectivity index (χ3n) is 6.23. The molecule has 1 saturated carbocycles. The molecule has 2 bridgehead atoms. The first-order valence-corrected chi connectivity index (χ1v) is 9.82. The maximum Gasteiger partial charge on any atom is 0.127 e. The lowest BCUT2D eigenvalue weighted by molar-refractivity contribution is -0.191. The lowest BCUT2D eigenvalue weighted by Gasteiger charge is -2.53. The number of hydrogen-bond donors (Lipinski definition) is 0. The van der Waals surface area contributed by atoms with Crippen molar-refractivity contribution in [1.29, 1.82) is 0 Å². The highest BCUT2D eigenvalue weighted by Crippen LogP contribution is 2.55. The standard InChI is InChI=1S/C24H28O2/c1-2-3-7-13-23-14-16-24(17-15-23,25-19-23)20-9-8-12-22(18-20)26-21-10-5-4-6-11-21/h2,4-6,8-12,18H,1,3,7,13-17,19H2. The minimum atomic E-state index is -0.115. The molecule has 2 heteroatoms. The second kappa shape index (κ2) is 7.28. The number of unbranched alkanes of at least 4 members (excludes halogenated alkanes) is 1. The van der Waals surface area contributed by atoms with Gasteiger partial charge in [-0.15, -0.1) is 6.58 Å². The normalized spacial score (nSPS) is 27.2. The van der Waals surface area contributed by atoms with Crippen molar-refractivity contribution in [2.24, 2.45) is 5.41 Å². The van der Waals surface area contributed by atoms with Crippen LogP contribution in [-0.2, 0) is 10.3 Å². The summed E-state index contributed by atoms with van der Waals surface area (Å²) in [5, 5.41) is 0. The summed E-state index contributed by atoms with van der Waals surface area (Å²) in [6.45, 7) is 4.74. The highest BCUT2D eigenvalue weighted by molar-refractivity contribution is 5.37. The van der Waals surface area contributed by atoms with E-state index in [0.29, 0.717) is 5.41 Å². The van der Waals surface area contributed by atoms with Crippen molar-refractivity contribution in [2.75, 3.05) is 6.61 Å². The molecule has 0 spiro atoms. The average Bonchev–Trinajstić information content (AvgIpc) is 2.71. The molecule has 0 aromatic heterocycles. The van der Waals surface area contributed by atoms with Gasteiger partial charge in [0, 0.05) is 0 Å². The number of allylic oxidation sites excluding steroid dienone is 1. The highest BCUT2D eigenvalue weighted by atomic mass is 16.5. The maximum atomic E-state index is 6.51. The van der Waals surface area contributed by atoms with Crippen LogP contribution in [0.15, 0.2) is 67.3 Å². The van der Waals surface area contributed by atoms with Crippen LogP contribution in [0.4, 0.5) is 0 Å². The second-order valence-corrected chi connectivity index (χ2v) is 7.91. The molecule has 0 N–H and O–H groups in total. The molecule has 2 aliphatic heterocycles. The quantitative estimate of drug-likeness (QED) is 0.413. The first kappa shape index (κ1) is 17.4. The van der Waals surface area contributed by atoms with E-state index in [-0.39, 0.29) is 5.60 Å². The van der Waals surface area contributed by atoms with Gasteiger partial charge in [0.25, 0.3) is 0 Å². The first-order chi connectivity index (χ1) is 12.7. The zero-order valence-corrected chi connectivity index (χ0v) is 15.5. The van der Waals surface area contributed by atoms with Crippen molar-refractivity contribution in [2.45, 2.75) is 50.5 Å². The predicted octanol–water partition coefficient (Wildman–Crippen LogP) is 6.62. The van der Waals surface area contributed by atoms with Crippen LogP contribution in [0.25, 0.3) is 0 Å². The van der Waals surface area contributed by atoms with E-state index in [0.717, 1.165) is 37.4 Å². The van der Waals surface area contributed by atoms with E-state index in [4.69, 9.17) is 9.47 Å². The molecular weight excluding hydrogens is 320 g/mol. The van der Waals surface area contributed by atoms with Gasteiger partial charge in [-0.1, -0.05) is 36.4 Å². The molecule has 2 nitrogen and oxygen atoms in total. The Morgan fingerprint density at radius 2 is 1.73 bits per heavy atom. The van der Waals surface area contributed by atoms with Crippen molar-refractivity contribution >= 4 is 0 Å². The lowest BCUT2D eigenvalue weighted by atomic mass is 9.62. The summed E-state index contributed by atoms with van der Waals surface area (Å²) < 4.78 is 12.5. The van der Waals surface area contributed by atoms with Crippen molar-refractivity contribution in [3.8, 4) is 11.5 Å². The Morgan fingerprint density at radius 1 is 0.962 bits per heavy atom. The van der Waals surface area contributed by atoms with Gasteiger partial charge in [0.15, 0.2) is 0 Å². The molecule has 3 fully saturated rings. The summed E-state index contributed by atoms with van der Waals surface area (Å²) in [5.74, 6) is 1.76. The molecule has 2 aromatic rings. The van der Waals surface area contributed by atoms with Crippen LogP contribution in [0.3, 0.4) is 0 Å². The molecule has 2 saturated heterocycles. The number of ether oxygens (including phenoxy) is 2. The molecule has 0 amide bonds. The predicted molar refractivity (Wildman–Crippen MR) is 106 cm³/mol. The van der Waals surface area contributed by atoms with E-state index in [9.17, 15) is 0 Å². The van der Waals surface area contributed by atoms with Crippen LogP contribution < -0.4 is 4.74 Å². The Bertz CT molecular complexity index is 725. The van der Waals surface area contributed by atoms with Crippen LogP contribution in [0.1, 0.15) is 50.5 Å². The lowest BCUT2D eigenvalue weighted by Crippen LogP contribution is -2.49. The van der Waals surface area contributed by atoms with E-state index in [1.807, 2.05) is 42.5 Å². The number of rotatable bonds is 7. The Kier molecular flexibility index (Phi) is 4.86. The third kappa shape index (κ3) is 3.43. The second-order valence-electron chi connectivity index (χ2n) is 7.91. The summed E-state index contributed by atoms with van der Waals surface area (Å²) in [7, 11) is 0. The molecule has 26 heavy (non-hydrogen) atoms. The van der Waals surface area contributed by atoms with Crippen LogP contribution >= 0.6 is 0 Å². The van der Waals surface area contributed by atoms with Crippen LogP contribution in [0, 0.1) is 5.41 Å². The van der Waals surface area contributed by atoms with E-state index in [1.165, 1.54) is 31.2 Å². The number of benzene rings is 2. The Hall–Kier alpha value is -2.06. The van der Waals surface area contributed by atoms with Gasteiger partial charge in [-0.2, -0.15) is 0 Å². The topological polar surface area (TPSA) is 18.5 Å². The van der Waals surface area contributed by atoms with Gasteiger partial charge < -0.3 is 9.47 Å². The van der Waals surface area contributed by atoms with E-state index >= 15 is 0 Å². The van der Waals surface area contributed by atoms with Crippen molar-refractivity contribution in [3.05, 3.63) is 72.8 Å². The van der Waals surface area contributed by atoms with Crippen LogP contribution in [0.5, 0.6) is 11.5 Å². The fourth-order valence-electron chi connectivity index (χ4n) is 4.55. The third-order valence-corrected chi connectivity index (χ3v) is 6.23. The van der Waals surface area contributed by atoms with E-state index in [2.05, 4.69) is 24.8 Å². The van der Waals surface area contributed by atoms with Crippen LogP contribution in [-0.4, -0.2) is 6.61 Å². The molecule has 0 atom stereocenters. The van der Waals surface area contributed by atoms with Gasteiger partial charge in [0.05, 0.1) is 12.2 Å². The Labute approximate surface area is 156 Å². The summed E-state index contributed by atoms with van der Waals surface area (Å²) in [4.78, 5) is 0. The smallest absolute Gasteiger partial charge is 0.127 e. The molecule has 136 valence electrons. The molecule has 2 aromatic carbocycles. The molecule has 0 unspecified atom stereocenters. The fourth-order valence-corrected chi connectivity index (χ4v) is 4.55. The Balaban J connectivity index is 1.47. The summed E-state index contributed by atoms with van der Waals surface area (Å²) in [5.41, 5.74) is 1.56. The number of hydrogen-bond acceptors (Lipinski definition) is 2. The number of fused-ring (bicyclic) bond motifs is 3. The molecule has 2 heterocycles. The van der Waals surface area contributed by atoms with Gasteiger partial charge in [0.2, 0.25) is 0 Å². The molecule has 1 aliphatic carbocycles. The maximum absolute atomic E-state index is 6.51. The zero-order chi connectivity index (χ0) is 17.9. The van der Waals surface area contributed by atoms with Crippen molar-refractivity contribution in [1.82, 2.24) is 0 Å². The SMILES string of the molecule is C=CCCCC12CCC(c3cccc(Oc4ccccc4)c3)(CC1)OC2. The molecule has 5 rings (SSSR count). The molecule has 3 aliphatic rings.